The van der Waals surface area contributed by atoms with Gasteiger partial charge in [-0.05, 0) is 42.8 Å². The summed E-state index contributed by atoms with van der Waals surface area (Å²) in [6.07, 6.45) is 1.23. The Labute approximate surface area is 153 Å². The summed E-state index contributed by atoms with van der Waals surface area (Å²) >= 11 is 0. The van der Waals surface area contributed by atoms with Crippen molar-refractivity contribution in [1.29, 1.82) is 5.26 Å². The number of para-hydroxylation sites is 1. The fourth-order valence-electron chi connectivity index (χ4n) is 2.14. The van der Waals surface area contributed by atoms with Gasteiger partial charge in [0.25, 0.3) is 5.91 Å². The quantitative estimate of drug-likeness (QED) is 0.575. The Bertz CT molecular complexity index is 892. The number of nitriles is 1. The van der Waals surface area contributed by atoms with Crippen molar-refractivity contribution in [2.75, 3.05) is 11.9 Å². The SMILES string of the molecule is CCOc1cc(/C=C(\C#N)C(=O)Nc2ccccc2F)ccc1OC(F)F. The normalized spacial score (nSPS) is 11.0. The topological polar surface area (TPSA) is 71.3 Å². The zero-order valence-electron chi connectivity index (χ0n) is 14.2. The first-order valence-electron chi connectivity index (χ1n) is 7.84. The standard InChI is InChI=1S/C19H15F3N2O3/c1-2-26-17-10-12(7-8-16(17)27-19(21)22)9-13(11-23)18(25)24-15-6-4-3-5-14(15)20/h3-10,19H,2H2,1H3,(H,24,25)/b13-9+. The van der Waals surface area contributed by atoms with Crippen molar-refractivity contribution in [3.8, 4) is 17.6 Å². The van der Waals surface area contributed by atoms with Crippen molar-refractivity contribution in [1.82, 2.24) is 0 Å². The molecule has 0 unspecified atom stereocenters. The van der Waals surface area contributed by atoms with E-state index < -0.39 is 18.3 Å². The van der Waals surface area contributed by atoms with Crippen LogP contribution in [0.15, 0.2) is 48.0 Å². The molecule has 0 aliphatic rings. The number of rotatable bonds is 7. The van der Waals surface area contributed by atoms with Crippen molar-refractivity contribution in [3.63, 3.8) is 0 Å². The molecule has 1 N–H and O–H groups in total. The maximum Gasteiger partial charge on any atom is 0.387 e. The molecule has 2 rings (SSSR count). The van der Waals surface area contributed by atoms with Crippen LogP contribution >= 0.6 is 0 Å². The number of carbonyl (C=O) groups excluding carboxylic acids is 1. The van der Waals surface area contributed by atoms with Crippen LogP contribution in [-0.2, 0) is 4.79 Å². The summed E-state index contributed by atoms with van der Waals surface area (Å²) in [4.78, 5) is 12.2. The second kappa shape index (κ2) is 9.29. The highest BCUT2D eigenvalue weighted by Crippen LogP contribution is 2.30. The van der Waals surface area contributed by atoms with Crippen LogP contribution in [0.2, 0.25) is 0 Å². The monoisotopic (exact) mass is 376 g/mol. The van der Waals surface area contributed by atoms with Gasteiger partial charge in [0, 0.05) is 0 Å². The number of hydrogen-bond acceptors (Lipinski definition) is 4. The maximum atomic E-state index is 13.6. The van der Waals surface area contributed by atoms with Gasteiger partial charge in [-0.3, -0.25) is 4.79 Å². The predicted molar refractivity (Wildman–Crippen MR) is 92.9 cm³/mol. The van der Waals surface area contributed by atoms with Gasteiger partial charge in [-0.2, -0.15) is 14.0 Å². The number of hydrogen-bond donors (Lipinski definition) is 1. The molecule has 0 saturated heterocycles. The van der Waals surface area contributed by atoms with Crippen molar-refractivity contribution in [3.05, 3.63) is 59.4 Å². The fraction of sp³-hybridized carbons (Fsp3) is 0.158. The number of halogens is 3. The molecule has 8 heteroatoms. The highest BCUT2D eigenvalue weighted by molar-refractivity contribution is 6.09. The summed E-state index contributed by atoms with van der Waals surface area (Å²) in [5.74, 6) is -1.58. The lowest BCUT2D eigenvalue weighted by atomic mass is 10.1. The van der Waals surface area contributed by atoms with Crippen LogP contribution < -0.4 is 14.8 Å². The maximum absolute atomic E-state index is 13.6. The highest BCUT2D eigenvalue weighted by Gasteiger charge is 2.14. The lowest BCUT2D eigenvalue weighted by molar-refractivity contribution is -0.112. The van der Waals surface area contributed by atoms with Gasteiger partial charge < -0.3 is 14.8 Å². The van der Waals surface area contributed by atoms with Gasteiger partial charge >= 0.3 is 6.61 Å². The number of carbonyl (C=O) groups is 1. The van der Waals surface area contributed by atoms with Crippen molar-refractivity contribution in [2.24, 2.45) is 0 Å². The Morgan fingerprint density at radius 2 is 2.00 bits per heavy atom. The first-order valence-corrected chi connectivity index (χ1v) is 7.84. The first-order chi connectivity index (χ1) is 12.9. The van der Waals surface area contributed by atoms with E-state index in [0.717, 1.165) is 0 Å². The van der Waals surface area contributed by atoms with E-state index in [1.807, 2.05) is 0 Å². The molecule has 0 saturated carbocycles. The molecule has 2 aromatic rings. The molecule has 0 atom stereocenters. The van der Waals surface area contributed by atoms with Gasteiger partial charge in [0.15, 0.2) is 11.5 Å². The van der Waals surface area contributed by atoms with Gasteiger partial charge in [-0.1, -0.05) is 18.2 Å². The lowest BCUT2D eigenvalue weighted by Gasteiger charge is -2.12. The third-order valence-corrected chi connectivity index (χ3v) is 3.28. The smallest absolute Gasteiger partial charge is 0.387 e. The second-order valence-corrected chi connectivity index (χ2v) is 5.12. The summed E-state index contributed by atoms with van der Waals surface area (Å²) in [6.45, 7) is -1.16. The van der Waals surface area contributed by atoms with E-state index >= 15 is 0 Å². The molecule has 0 aliphatic carbocycles. The molecule has 0 heterocycles. The van der Waals surface area contributed by atoms with Crippen LogP contribution in [0.5, 0.6) is 11.5 Å². The number of benzene rings is 2. The molecule has 0 fully saturated rings. The van der Waals surface area contributed by atoms with Crippen molar-refractivity contribution < 1.29 is 27.4 Å². The third kappa shape index (κ3) is 5.51. The average Bonchev–Trinajstić information content (AvgIpc) is 2.63. The molecule has 2 aromatic carbocycles. The van der Waals surface area contributed by atoms with Gasteiger partial charge in [-0.25, -0.2) is 4.39 Å². The summed E-state index contributed by atoms with van der Waals surface area (Å²) in [5.41, 5.74) is -0.0251. The molecular formula is C19H15F3N2O3. The van der Waals surface area contributed by atoms with E-state index in [4.69, 9.17) is 4.74 Å². The molecule has 0 aromatic heterocycles. The minimum absolute atomic E-state index is 0.0401. The Hall–Kier alpha value is -3.47. The minimum Gasteiger partial charge on any atom is -0.490 e. The van der Waals surface area contributed by atoms with Crippen LogP contribution in [0.4, 0.5) is 18.9 Å². The number of ether oxygens (including phenoxy) is 2. The minimum atomic E-state index is -3.02. The zero-order chi connectivity index (χ0) is 19.8. The Morgan fingerprint density at radius 3 is 2.63 bits per heavy atom. The highest BCUT2D eigenvalue weighted by atomic mass is 19.3. The number of anilines is 1. The fourth-order valence-corrected chi connectivity index (χ4v) is 2.14. The largest absolute Gasteiger partial charge is 0.490 e. The third-order valence-electron chi connectivity index (χ3n) is 3.28. The molecule has 0 bridgehead atoms. The summed E-state index contributed by atoms with van der Waals surface area (Å²) in [7, 11) is 0. The van der Waals surface area contributed by atoms with Gasteiger partial charge in [-0.15, -0.1) is 0 Å². The molecule has 27 heavy (non-hydrogen) atoms. The van der Waals surface area contributed by atoms with Crippen LogP contribution in [0.25, 0.3) is 6.08 Å². The van der Waals surface area contributed by atoms with Crippen LogP contribution in [-0.4, -0.2) is 19.1 Å². The number of nitrogens with one attached hydrogen (secondary N) is 1. The first kappa shape index (κ1) is 19.8. The summed E-state index contributed by atoms with van der Waals surface area (Å²) < 4.78 is 48.1. The molecule has 0 radical (unpaired) electrons. The van der Waals surface area contributed by atoms with Crippen LogP contribution in [0, 0.1) is 17.1 Å². The molecule has 1 amide bonds. The summed E-state index contributed by atoms with van der Waals surface area (Å²) in [6, 6.07) is 11.2. The predicted octanol–water partition coefficient (Wildman–Crippen LogP) is 4.37. The molecule has 140 valence electrons. The molecule has 0 aliphatic heterocycles. The van der Waals surface area contributed by atoms with Crippen molar-refractivity contribution in [2.45, 2.75) is 13.5 Å². The van der Waals surface area contributed by atoms with Crippen LogP contribution in [0.3, 0.4) is 0 Å². The zero-order valence-corrected chi connectivity index (χ0v) is 14.2. The Kier molecular flexibility index (Phi) is 6.83. The van der Waals surface area contributed by atoms with E-state index in [9.17, 15) is 23.2 Å². The van der Waals surface area contributed by atoms with Crippen molar-refractivity contribution >= 4 is 17.7 Å². The Balaban J connectivity index is 2.28. The van der Waals surface area contributed by atoms with E-state index in [1.165, 1.54) is 48.5 Å². The van der Waals surface area contributed by atoms with E-state index in [1.54, 1.807) is 13.0 Å². The van der Waals surface area contributed by atoms with E-state index in [0.29, 0.717) is 5.56 Å². The average molecular weight is 376 g/mol. The molecule has 5 nitrogen and oxygen atoms in total. The number of alkyl halides is 2. The van der Waals surface area contributed by atoms with Gasteiger partial charge in [0.2, 0.25) is 0 Å². The van der Waals surface area contributed by atoms with E-state index in [2.05, 4.69) is 10.1 Å². The lowest BCUT2D eigenvalue weighted by Crippen LogP contribution is -2.14. The number of amides is 1. The van der Waals surface area contributed by atoms with Gasteiger partial charge in [0.05, 0.1) is 12.3 Å². The number of nitrogens with zero attached hydrogens (tertiary/aromatic N) is 1. The second-order valence-electron chi connectivity index (χ2n) is 5.12. The van der Waals surface area contributed by atoms with E-state index in [-0.39, 0.29) is 29.4 Å². The molecule has 0 spiro atoms. The summed E-state index contributed by atoms with van der Waals surface area (Å²) in [5, 5.41) is 11.5. The van der Waals surface area contributed by atoms with Gasteiger partial charge in [0.1, 0.15) is 17.5 Å². The van der Waals surface area contributed by atoms with Crippen LogP contribution in [0.1, 0.15) is 12.5 Å². The Morgan fingerprint density at radius 1 is 1.26 bits per heavy atom. The molecular weight excluding hydrogens is 361 g/mol.